The molecule has 1 aliphatic rings. The van der Waals surface area contributed by atoms with Gasteiger partial charge < -0.3 is 14.7 Å². The summed E-state index contributed by atoms with van der Waals surface area (Å²) in [5.74, 6) is 0.0437. The summed E-state index contributed by atoms with van der Waals surface area (Å²) in [4.78, 5) is 22.9. The zero-order valence-electron chi connectivity index (χ0n) is 8.50. The second-order valence-corrected chi connectivity index (χ2v) is 3.54. The van der Waals surface area contributed by atoms with E-state index >= 15 is 0 Å². The van der Waals surface area contributed by atoms with Crippen LogP contribution in [-0.2, 0) is 20.9 Å². The van der Waals surface area contributed by atoms with Gasteiger partial charge in [0.15, 0.2) is 6.23 Å². The number of nitrogens with zero attached hydrogens (tertiary/aromatic N) is 1. The molecule has 1 atom stereocenters. The SMILES string of the molecule is O=COC1CC(=O)N1Cc1ccccc1O. The molecule has 1 amide bonds. The number of carbonyl (C=O) groups excluding carboxylic acids is 2. The van der Waals surface area contributed by atoms with Crippen molar-refractivity contribution < 1.29 is 19.4 Å². The van der Waals surface area contributed by atoms with Gasteiger partial charge in [-0.25, -0.2) is 0 Å². The van der Waals surface area contributed by atoms with Crippen LogP contribution in [0, 0.1) is 0 Å². The molecule has 1 fully saturated rings. The van der Waals surface area contributed by atoms with Crippen molar-refractivity contribution >= 4 is 12.4 Å². The Morgan fingerprint density at radius 1 is 1.50 bits per heavy atom. The molecule has 5 heteroatoms. The third-order valence-electron chi connectivity index (χ3n) is 2.56. The molecule has 0 aliphatic carbocycles. The van der Waals surface area contributed by atoms with Crippen LogP contribution < -0.4 is 0 Å². The lowest BCUT2D eigenvalue weighted by molar-refractivity contribution is -0.177. The van der Waals surface area contributed by atoms with Gasteiger partial charge in [0.1, 0.15) is 5.75 Å². The first kappa shape index (κ1) is 10.5. The van der Waals surface area contributed by atoms with E-state index < -0.39 is 6.23 Å². The van der Waals surface area contributed by atoms with Crippen LogP contribution in [0.2, 0.25) is 0 Å². The quantitative estimate of drug-likeness (QED) is 0.598. The molecule has 0 spiro atoms. The number of ether oxygens (including phenoxy) is 1. The number of hydrogen-bond donors (Lipinski definition) is 1. The molecule has 1 aromatic carbocycles. The van der Waals surface area contributed by atoms with E-state index in [-0.39, 0.29) is 24.6 Å². The predicted molar refractivity (Wildman–Crippen MR) is 54.2 cm³/mol. The van der Waals surface area contributed by atoms with E-state index in [0.717, 1.165) is 0 Å². The van der Waals surface area contributed by atoms with E-state index in [9.17, 15) is 14.7 Å². The van der Waals surface area contributed by atoms with Gasteiger partial charge in [0, 0.05) is 5.56 Å². The van der Waals surface area contributed by atoms with E-state index in [2.05, 4.69) is 0 Å². The van der Waals surface area contributed by atoms with E-state index in [0.29, 0.717) is 12.0 Å². The maximum absolute atomic E-state index is 11.3. The van der Waals surface area contributed by atoms with Crippen LogP contribution in [0.1, 0.15) is 12.0 Å². The zero-order chi connectivity index (χ0) is 11.5. The van der Waals surface area contributed by atoms with E-state index in [4.69, 9.17) is 4.74 Å². The first-order valence-corrected chi connectivity index (χ1v) is 4.88. The van der Waals surface area contributed by atoms with Gasteiger partial charge in [-0.05, 0) is 6.07 Å². The lowest BCUT2D eigenvalue weighted by Gasteiger charge is -2.38. The topological polar surface area (TPSA) is 66.8 Å². The normalized spacial score (nSPS) is 19.1. The van der Waals surface area contributed by atoms with Crippen LogP contribution in [-0.4, -0.2) is 28.6 Å². The van der Waals surface area contributed by atoms with Crippen molar-refractivity contribution in [1.29, 1.82) is 0 Å². The summed E-state index contributed by atoms with van der Waals surface area (Å²) in [6.07, 6.45) is -0.281. The van der Waals surface area contributed by atoms with Crippen molar-refractivity contribution in [2.24, 2.45) is 0 Å². The van der Waals surface area contributed by atoms with Crippen LogP contribution in [0.4, 0.5) is 0 Å². The number of rotatable bonds is 4. The molecule has 0 aromatic heterocycles. The lowest BCUT2D eigenvalue weighted by Crippen LogP contribution is -2.53. The Bertz CT molecular complexity index is 416. The third kappa shape index (κ3) is 1.84. The van der Waals surface area contributed by atoms with E-state index in [1.165, 1.54) is 4.90 Å². The molecule has 1 unspecified atom stereocenters. The number of hydrogen-bond acceptors (Lipinski definition) is 4. The van der Waals surface area contributed by atoms with E-state index in [1.807, 2.05) is 0 Å². The minimum Gasteiger partial charge on any atom is -0.508 e. The van der Waals surface area contributed by atoms with Crippen molar-refractivity contribution in [2.45, 2.75) is 19.2 Å². The number of amides is 1. The number of β-lactam (4-membered cyclic amide) rings is 1. The molecule has 2 rings (SSSR count). The number of likely N-dealkylation sites (tertiary alicyclic amines) is 1. The summed E-state index contributed by atoms with van der Waals surface area (Å²) in [5, 5.41) is 9.53. The highest BCUT2D eigenvalue weighted by molar-refractivity contribution is 5.82. The maximum atomic E-state index is 11.3. The molecule has 16 heavy (non-hydrogen) atoms. The molecule has 0 radical (unpaired) electrons. The summed E-state index contributed by atoms with van der Waals surface area (Å²) in [6.45, 7) is 0.582. The second kappa shape index (κ2) is 4.22. The minimum atomic E-state index is -0.496. The number of phenols is 1. The summed E-state index contributed by atoms with van der Waals surface area (Å²) in [7, 11) is 0. The Hall–Kier alpha value is -2.04. The lowest BCUT2D eigenvalue weighted by atomic mass is 10.1. The third-order valence-corrected chi connectivity index (χ3v) is 2.56. The average molecular weight is 221 g/mol. The van der Waals surface area contributed by atoms with Crippen molar-refractivity contribution in [3.05, 3.63) is 29.8 Å². The fraction of sp³-hybridized carbons (Fsp3) is 0.273. The van der Waals surface area contributed by atoms with Crippen LogP contribution in [0.3, 0.4) is 0 Å². The number of carbonyl (C=O) groups is 2. The molecule has 84 valence electrons. The number of phenolic OH excluding ortho intramolecular Hbond substituents is 1. The Labute approximate surface area is 92.2 Å². The minimum absolute atomic E-state index is 0.0879. The number of para-hydroxylation sites is 1. The predicted octanol–water partition coefficient (Wildman–Crippen LogP) is 0.624. The van der Waals surface area contributed by atoms with Crippen molar-refractivity contribution in [1.82, 2.24) is 4.90 Å². The Morgan fingerprint density at radius 3 is 2.88 bits per heavy atom. The highest BCUT2D eigenvalue weighted by Crippen LogP contribution is 2.25. The fourth-order valence-corrected chi connectivity index (χ4v) is 1.63. The molecule has 1 aliphatic heterocycles. The highest BCUT2D eigenvalue weighted by atomic mass is 16.5. The zero-order valence-corrected chi connectivity index (χ0v) is 8.50. The average Bonchev–Trinajstić information content (AvgIpc) is 2.28. The summed E-state index contributed by atoms with van der Waals surface area (Å²) < 4.78 is 4.72. The first-order chi connectivity index (χ1) is 7.72. The van der Waals surface area contributed by atoms with Gasteiger partial charge in [0.05, 0.1) is 13.0 Å². The van der Waals surface area contributed by atoms with E-state index in [1.54, 1.807) is 24.3 Å². The monoisotopic (exact) mass is 221 g/mol. The van der Waals surface area contributed by atoms with Crippen molar-refractivity contribution in [2.75, 3.05) is 0 Å². The Morgan fingerprint density at radius 2 is 2.25 bits per heavy atom. The largest absolute Gasteiger partial charge is 0.508 e. The van der Waals surface area contributed by atoms with Crippen molar-refractivity contribution in [3.63, 3.8) is 0 Å². The van der Waals surface area contributed by atoms with Crippen LogP contribution in [0.15, 0.2) is 24.3 Å². The highest BCUT2D eigenvalue weighted by Gasteiger charge is 2.37. The van der Waals surface area contributed by atoms with Crippen LogP contribution >= 0.6 is 0 Å². The number of benzene rings is 1. The summed E-state index contributed by atoms with van der Waals surface area (Å²) >= 11 is 0. The van der Waals surface area contributed by atoms with Crippen LogP contribution in [0.25, 0.3) is 0 Å². The van der Waals surface area contributed by atoms with Gasteiger partial charge in [-0.3, -0.25) is 9.59 Å². The summed E-state index contributed by atoms with van der Waals surface area (Å²) in [6, 6.07) is 6.75. The fourth-order valence-electron chi connectivity index (χ4n) is 1.63. The molecule has 0 bridgehead atoms. The Kier molecular flexibility index (Phi) is 2.76. The maximum Gasteiger partial charge on any atom is 0.295 e. The smallest absolute Gasteiger partial charge is 0.295 e. The molecule has 1 saturated heterocycles. The van der Waals surface area contributed by atoms with Gasteiger partial charge >= 0.3 is 0 Å². The second-order valence-electron chi connectivity index (χ2n) is 3.54. The number of aromatic hydroxyl groups is 1. The molecule has 1 heterocycles. The Balaban J connectivity index is 2.06. The van der Waals surface area contributed by atoms with Gasteiger partial charge in [-0.1, -0.05) is 18.2 Å². The molecule has 5 nitrogen and oxygen atoms in total. The van der Waals surface area contributed by atoms with Gasteiger partial charge in [0.2, 0.25) is 5.91 Å². The van der Waals surface area contributed by atoms with Gasteiger partial charge in [-0.2, -0.15) is 0 Å². The molecule has 0 saturated carbocycles. The van der Waals surface area contributed by atoms with Crippen molar-refractivity contribution in [3.8, 4) is 5.75 Å². The van der Waals surface area contributed by atoms with Gasteiger partial charge in [0.25, 0.3) is 6.47 Å². The standard InChI is InChI=1S/C11H11NO4/c13-7-16-11-5-10(15)12(11)6-8-3-1-2-4-9(8)14/h1-4,7,11,14H,5-6H2. The first-order valence-electron chi connectivity index (χ1n) is 4.88. The molecule has 1 aromatic rings. The van der Waals surface area contributed by atoms with Gasteiger partial charge in [-0.15, -0.1) is 0 Å². The van der Waals surface area contributed by atoms with Crippen LogP contribution in [0.5, 0.6) is 5.75 Å². The molecule has 1 N–H and O–H groups in total. The molecular weight excluding hydrogens is 210 g/mol. The molecular formula is C11H11NO4. The summed E-state index contributed by atoms with van der Waals surface area (Å²) in [5.41, 5.74) is 0.634.